The lowest BCUT2D eigenvalue weighted by Crippen LogP contribution is -2.68. The van der Waals surface area contributed by atoms with Crippen LogP contribution in [0.4, 0.5) is 8.78 Å². The first kappa shape index (κ1) is 13.9. The molecule has 0 unspecified atom stereocenters. The Kier molecular flexibility index (Phi) is 3.85. The van der Waals surface area contributed by atoms with Crippen LogP contribution >= 0.6 is 0 Å². The highest BCUT2D eigenvalue weighted by atomic mass is 19.1. The molecule has 0 aromatic heterocycles. The lowest BCUT2D eigenvalue weighted by molar-refractivity contribution is -0.138. The fourth-order valence-electron chi connectivity index (χ4n) is 2.51. The second-order valence-electron chi connectivity index (χ2n) is 5.24. The van der Waals surface area contributed by atoms with Crippen LogP contribution < -0.4 is 5.73 Å². The van der Waals surface area contributed by atoms with E-state index < -0.39 is 11.6 Å². The summed E-state index contributed by atoms with van der Waals surface area (Å²) in [7, 11) is 0. The van der Waals surface area contributed by atoms with Gasteiger partial charge in [-0.2, -0.15) is 0 Å². The molecule has 1 aromatic carbocycles. The summed E-state index contributed by atoms with van der Waals surface area (Å²) in [6.07, 6.45) is 1.56. The molecular formula is C14H18F2N2O. The van der Waals surface area contributed by atoms with Crippen molar-refractivity contribution in [2.24, 2.45) is 5.73 Å². The Morgan fingerprint density at radius 3 is 2.47 bits per heavy atom. The standard InChI is InChI=1S/C14H18F2N2O/c1-2-6-14(17)8-18(9-14)13(19)7-10-11(15)4-3-5-12(10)16/h3-5H,2,6-9,17H2,1H3. The van der Waals surface area contributed by atoms with E-state index in [2.05, 4.69) is 0 Å². The molecule has 1 fully saturated rings. The summed E-state index contributed by atoms with van der Waals surface area (Å²) in [6.45, 7) is 2.97. The normalized spacial score (nSPS) is 17.2. The molecule has 5 heteroatoms. The summed E-state index contributed by atoms with van der Waals surface area (Å²) in [5, 5.41) is 0. The zero-order valence-corrected chi connectivity index (χ0v) is 11.0. The molecule has 0 saturated carbocycles. The van der Waals surface area contributed by atoms with Crippen molar-refractivity contribution in [2.75, 3.05) is 13.1 Å². The van der Waals surface area contributed by atoms with Crippen molar-refractivity contribution >= 4 is 5.91 Å². The Morgan fingerprint density at radius 1 is 1.37 bits per heavy atom. The first-order valence-corrected chi connectivity index (χ1v) is 6.45. The molecular weight excluding hydrogens is 250 g/mol. The molecule has 0 radical (unpaired) electrons. The van der Waals surface area contributed by atoms with Crippen molar-refractivity contribution < 1.29 is 13.6 Å². The van der Waals surface area contributed by atoms with Gasteiger partial charge in [-0.25, -0.2) is 8.78 Å². The van der Waals surface area contributed by atoms with Crippen molar-refractivity contribution in [3.8, 4) is 0 Å². The number of hydrogen-bond donors (Lipinski definition) is 1. The van der Waals surface area contributed by atoms with Crippen LogP contribution in [0.1, 0.15) is 25.3 Å². The van der Waals surface area contributed by atoms with Gasteiger partial charge in [-0.3, -0.25) is 4.79 Å². The molecule has 1 amide bonds. The molecule has 19 heavy (non-hydrogen) atoms. The third kappa shape index (κ3) is 2.92. The first-order valence-electron chi connectivity index (χ1n) is 6.45. The van der Waals surface area contributed by atoms with Crippen LogP contribution in [0.15, 0.2) is 18.2 Å². The third-order valence-corrected chi connectivity index (χ3v) is 3.50. The van der Waals surface area contributed by atoms with Gasteiger partial charge in [-0.15, -0.1) is 0 Å². The van der Waals surface area contributed by atoms with E-state index >= 15 is 0 Å². The van der Waals surface area contributed by atoms with E-state index in [1.807, 2.05) is 6.92 Å². The van der Waals surface area contributed by atoms with E-state index in [1.165, 1.54) is 6.07 Å². The van der Waals surface area contributed by atoms with Gasteiger partial charge in [0.25, 0.3) is 0 Å². The highest BCUT2D eigenvalue weighted by Crippen LogP contribution is 2.24. The number of carbonyl (C=O) groups excluding carboxylic acids is 1. The van der Waals surface area contributed by atoms with Gasteiger partial charge in [0.1, 0.15) is 11.6 Å². The van der Waals surface area contributed by atoms with E-state index in [4.69, 9.17) is 5.73 Å². The molecule has 0 bridgehead atoms. The van der Waals surface area contributed by atoms with Crippen molar-refractivity contribution in [1.82, 2.24) is 4.90 Å². The number of rotatable bonds is 4. The van der Waals surface area contributed by atoms with Crippen LogP contribution in [0.5, 0.6) is 0 Å². The fraction of sp³-hybridized carbons (Fsp3) is 0.500. The van der Waals surface area contributed by atoms with Crippen molar-refractivity contribution in [1.29, 1.82) is 0 Å². The average Bonchev–Trinajstić information content (AvgIpc) is 2.31. The SMILES string of the molecule is CCCC1(N)CN(C(=O)Cc2c(F)cccc2F)C1. The van der Waals surface area contributed by atoms with E-state index in [0.29, 0.717) is 13.1 Å². The van der Waals surface area contributed by atoms with Crippen LogP contribution in [0.3, 0.4) is 0 Å². The highest BCUT2D eigenvalue weighted by Gasteiger charge is 2.41. The maximum Gasteiger partial charge on any atom is 0.227 e. The Balaban J connectivity index is 1.97. The molecule has 1 aromatic rings. The maximum absolute atomic E-state index is 13.4. The average molecular weight is 268 g/mol. The summed E-state index contributed by atoms with van der Waals surface area (Å²) in [4.78, 5) is 13.5. The molecule has 0 spiro atoms. The van der Waals surface area contributed by atoms with Gasteiger partial charge in [0.15, 0.2) is 0 Å². The lowest BCUT2D eigenvalue weighted by Gasteiger charge is -2.48. The molecule has 0 atom stereocenters. The van der Waals surface area contributed by atoms with Crippen LogP contribution in [0.25, 0.3) is 0 Å². The van der Waals surface area contributed by atoms with Gasteiger partial charge < -0.3 is 10.6 Å². The van der Waals surface area contributed by atoms with Crippen molar-refractivity contribution in [3.05, 3.63) is 35.4 Å². The predicted octanol–water partition coefficient (Wildman–Crippen LogP) is 1.85. The predicted molar refractivity (Wildman–Crippen MR) is 68.5 cm³/mol. The number of amides is 1. The van der Waals surface area contributed by atoms with Crippen LogP contribution in [-0.2, 0) is 11.2 Å². The summed E-state index contributed by atoms with van der Waals surface area (Å²) >= 11 is 0. The minimum absolute atomic E-state index is 0.169. The molecule has 1 aliphatic heterocycles. The topological polar surface area (TPSA) is 46.3 Å². The van der Waals surface area contributed by atoms with E-state index in [0.717, 1.165) is 25.0 Å². The largest absolute Gasteiger partial charge is 0.339 e. The Labute approximate surface area is 111 Å². The Morgan fingerprint density at radius 2 is 1.95 bits per heavy atom. The Hall–Kier alpha value is -1.49. The number of benzene rings is 1. The number of nitrogens with two attached hydrogens (primary N) is 1. The lowest BCUT2D eigenvalue weighted by atomic mass is 9.86. The number of carbonyl (C=O) groups is 1. The van der Waals surface area contributed by atoms with Gasteiger partial charge in [0, 0.05) is 18.7 Å². The molecule has 104 valence electrons. The molecule has 1 heterocycles. The summed E-state index contributed by atoms with van der Waals surface area (Å²) in [5.41, 5.74) is 5.56. The van der Waals surface area contributed by atoms with E-state index in [9.17, 15) is 13.6 Å². The second-order valence-corrected chi connectivity index (χ2v) is 5.24. The number of nitrogens with zero attached hydrogens (tertiary/aromatic N) is 1. The zero-order valence-electron chi connectivity index (χ0n) is 11.0. The van der Waals surface area contributed by atoms with Gasteiger partial charge in [-0.1, -0.05) is 19.4 Å². The van der Waals surface area contributed by atoms with Crippen molar-refractivity contribution in [2.45, 2.75) is 31.7 Å². The molecule has 0 aliphatic carbocycles. The van der Waals surface area contributed by atoms with E-state index in [-0.39, 0.29) is 23.4 Å². The maximum atomic E-state index is 13.4. The molecule has 1 saturated heterocycles. The molecule has 1 aliphatic rings. The minimum Gasteiger partial charge on any atom is -0.339 e. The third-order valence-electron chi connectivity index (χ3n) is 3.50. The van der Waals surface area contributed by atoms with Gasteiger partial charge >= 0.3 is 0 Å². The summed E-state index contributed by atoms with van der Waals surface area (Å²) in [6, 6.07) is 3.60. The van der Waals surface area contributed by atoms with Crippen LogP contribution in [-0.4, -0.2) is 29.4 Å². The van der Waals surface area contributed by atoms with Crippen LogP contribution in [0, 0.1) is 11.6 Å². The van der Waals surface area contributed by atoms with Gasteiger partial charge in [-0.05, 0) is 18.6 Å². The monoisotopic (exact) mass is 268 g/mol. The van der Waals surface area contributed by atoms with Gasteiger partial charge in [0.05, 0.1) is 12.0 Å². The van der Waals surface area contributed by atoms with E-state index in [1.54, 1.807) is 4.90 Å². The summed E-state index contributed by atoms with van der Waals surface area (Å²) < 4.78 is 26.9. The fourth-order valence-corrected chi connectivity index (χ4v) is 2.51. The second kappa shape index (κ2) is 5.25. The van der Waals surface area contributed by atoms with Crippen molar-refractivity contribution in [3.63, 3.8) is 0 Å². The first-order chi connectivity index (χ1) is 8.95. The number of likely N-dealkylation sites (tertiary alicyclic amines) is 1. The smallest absolute Gasteiger partial charge is 0.227 e. The molecule has 2 rings (SSSR count). The molecule has 2 N–H and O–H groups in total. The summed E-state index contributed by atoms with van der Waals surface area (Å²) in [5.74, 6) is -1.64. The zero-order chi connectivity index (χ0) is 14.0. The van der Waals surface area contributed by atoms with Crippen LogP contribution in [0.2, 0.25) is 0 Å². The quantitative estimate of drug-likeness (QED) is 0.905. The highest BCUT2D eigenvalue weighted by molar-refractivity contribution is 5.80. The number of halogens is 2. The Bertz CT molecular complexity index is 464. The van der Waals surface area contributed by atoms with Gasteiger partial charge in [0.2, 0.25) is 5.91 Å². The minimum atomic E-state index is -0.679. The molecule has 3 nitrogen and oxygen atoms in total. The number of hydrogen-bond acceptors (Lipinski definition) is 2.